The highest BCUT2D eigenvalue weighted by atomic mass is 28.4. The number of benzene rings is 1. The largest absolute Gasteiger partial charge is 0.437 e. The van der Waals surface area contributed by atoms with Crippen LogP contribution in [-0.4, -0.2) is 41.8 Å². The van der Waals surface area contributed by atoms with E-state index in [-0.39, 0.29) is 5.04 Å². The molecule has 0 spiro atoms. The topological polar surface area (TPSA) is 86.7 Å². The summed E-state index contributed by atoms with van der Waals surface area (Å²) in [5.41, 5.74) is 2.09. The fraction of sp³-hybridized carbons (Fsp3) is 0.571. The van der Waals surface area contributed by atoms with Gasteiger partial charge in [-0.2, -0.15) is 4.98 Å². The van der Waals surface area contributed by atoms with Gasteiger partial charge < -0.3 is 18.7 Å². The highest BCUT2D eigenvalue weighted by Crippen LogP contribution is 2.38. The summed E-state index contributed by atoms with van der Waals surface area (Å²) in [7, 11) is -1.98. The van der Waals surface area contributed by atoms with Crippen LogP contribution in [0.25, 0.3) is 22.4 Å². The average molecular weight is 513 g/mol. The highest BCUT2D eigenvalue weighted by Gasteiger charge is 2.41. The van der Waals surface area contributed by atoms with Gasteiger partial charge in [0.05, 0.1) is 18.1 Å². The predicted octanol–water partition coefficient (Wildman–Crippen LogP) is 6.23. The maximum absolute atomic E-state index is 12.9. The zero-order chi connectivity index (χ0) is 26.3. The van der Waals surface area contributed by atoms with Crippen LogP contribution in [0, 0.1) is 0 Å². The Morgan fingerprint density at radius 1 is 1.28 bits per heavy atom. The maximum atomic E-state index is 12.9. The minimum atomic E-state index is -1.98. The molecule has 2 aromatic heterocycles. The summed E-state index contributed by atoms with van der Waals surface area (Å²) in [4.78, 5) is 17.1. The monoisotopic (exact) mass is 512 g/mol. The van der Waals surface area contributed by atoms with Gasteiger partial charge in [0, 0.05) is 18.2 Å². The number of fused-ring (bicyclic) bond motifs is 1. The van der Waals surface area contributed by atoms with E-state index in [1.54, 1.807) is 6.20 Å². The molecule has 7 nitrogen and oxygen atoms in total. The van der Waals surface area contributed by atoms with E-state index in [1.807, 2.05) is 18.2 Å². The van der Waals surface area contributed by atoms with Crippen molar-refractivity contribution in [3.63, 3.8) is 0 Å². The van der Waals surface area contributed by atoms with Gasteiger partial charge in [0.25, 0.3) is 0 Å². The molecule has 1 aliphatic rings. The van der Waals surface area contributed by atoms with Gasteiger partial charge in [-0.15, -0.1) is 0 Å². The van der Waals surface area contributed by atoms with Gasteiger partial charge in [0.1, 0.15) is 18.1 Å². The van der Waals surface area contributed by atoms with Crippen molar-refractivity contribution < 1.29 is 18.7 Å². The van der Waals surface area contributed by atoms with Crippen LogP contribution in [0.15, 0.2) is 45.7 Å². The quantitative estimate of drug-likeness (QED) is 0.360. The third kappa shape index (κ3) is 5.37. The first-order valence-corrected chi connectivity index (χ1v) is 15.9. The van der Waals surface area contributed by atoms with E-state index >= 15 is 0 Å². The zero-order valence-corrected chi connectivity index (χ0v) is 23.6. The minimum absolute atomic E-state index is 0.0633. The standard InChI is InChI=1S/C28H40N2O5Si/c1-8-11-18(2)20-12-9-10-13-21(20)23-14-19-16-30(27(32)29-26(19)35-23)25-15-22(31)24(34-25)17-33-36(6,7)28(3,4)5/h9-10,12-14,16,18,22,24-25,31H,8,11,15,17H2,1-7H3. The van der Waals surface area contributed by atoms with Crippen molar-refractivity contribution in [2.24, 2.45) is 0 Å². The third-order valence-corrected chi connectivity index (χ3v) is 12.3. The Labute approximate surface area is 214 Å². The van der Waals surface area contributed by atoms with Gasteiger partial charge >= 0.3 is 5.69 Å². The summed E-state index contributed by atoms with van der Waals surface area (Å²) in [6.07, 6.45) is 2.42. The van der Waals surface area contributed by atoms with Crippen LogP contribution in [-0.2, 0) is 9.16 Å². The van der Waals surface area contributed by atoms with Gasteiger partial charge in [-0.05, 0) is 42.1 Å². The molecule has 3 heterocycles. The molecule has 0 aliphatic carbocycles. The van der Waals surface area contributed by atoms with E-state index in [1.165, 1.54) is 10.1 Å². The molecule has 4 atom stereocenters. The Morgan fingerprint density at radius 3 is 2.69 bits per heavy atom. The molecule has 0 radical (unpaired) electrons. The lowest BCUT2D eigenvalue weighted by molar-refractivity contribution is -0.0430. The molecule has 4 unspecified atom stereocenters. The van der Waals surface area contributed by atoms with Crippen LogP contribution in [0.2, 0.25) is 18.1 Å². The second kappa shape index (κ2) is 10.2. The number of nitrogens with zero attached hydrogens (tertiary/aromatic N) is 2. The maximum Gasteiger partial charge on any atom is 0.353 e. The lowest BCUT2D eigenvalue weighted by Gasteiger charge is -2.37. The highest BCUT2D eigenvalue weighted by molar-refractivity contribution is 6.74. The van der Waals surface area contributed by atoms with E-state index in [0.717, 1.165) is 23.8 Å². The van der Waals surface area contributed by atoms with Crippen LogP contribution in [0.5, 0.6) is 0 Å². The van der Waals surface area contributed by atoms with E-state index < -0.39 is 32.4 Å². The molecule has 1 saturated heterocycles. The fourth-order valence-electron chi connectivity index (χ4n) is 4.55. The number of ether oxygens (including phenoxy) is 1. The number of aliphatic hydroxyl groups is 1. The lowest BCUT2D eigenvalue weighted by atomic mass is 9.91. The summed E-state index contributed by atoms with van der Waals surface area (Å²) in [6.45, 7) is 15.6. The molecule has 4 rings (SSSR count). The van der Waals surface area contributed by atoms with E-state index in [2.05, 4.69) is 64.8 Å². The Bertz CT molecular complexity index is 1260. The summed E-state index contributed by atoms with van der Waals surface area (Å²) in [5, 5.41) is 11.4. The van der Waals surface area contributed by atoms with Crippen LogP contribution < -0.4 is 5.69 Å². The SMILES string of the molecule is CCCC(C)c1ccccc1-c1cc2cn(C3CC(O)C(CO[Si](C)(C)C(C)(C)C)O3)c(=O)nc2o1. The summed E-state index contributed by atoms with van der Waals surface area (Å²) < 4.78 is 19.9. The van der Waals surface area contributed by atoms with Crippen LogP contribution >= 0.6 is 0 Å². The second-order valence-corrected chi connectivity index (χ2v) is 16.4. The Hall–Kier alpha value is -2.26. The molecular formula is C28H40N2O5Si. The van der Waals surface area contributed by atoms with Gasteiger partial charge in [0.2, 0.25) is 5.71 Å². The van der Waals surface area contributed by atoms with Crippen molar-refractivity contribution >= 4 is 19.4 Å². The molecule has 36 heavy (non-hydrogen) atoms. The average Bonchev–Trinajstić information content (AvgIpc) is 3.39. The number of aliphatic hydroxyl groups excluding tert-OH is 1. The molecular weight excluding hydrogens is 472 g/mol. The molecule has 0 bridgehead atoms. The van der Waals surface area contributed by atoms with Crippen molar-refractivity contribution in [1.29, 1.82) is 0 Å². The lowest BCUT2D eigenvalue weighted by Crippen LogP contribution is -2.43. The summed E-state index contributed by atoms with van der Waals surface area (Å²) in [6, 6.07) is 10.2. The number of rotatable bonds is 8. The molecule has 1 aliphatic heterocycles. The first-order chi connectivity index (χ1) is 16.9. The number of aromatic nitrogens is 2. The smallest absolute Gasteiger partial charge is 0.353 e. The molecule has 0 saturated carbocycles. The van der Waals surface area contributed by atoms with Crippen LogP contribution in [0.1, 0.15) is 71.6 Å². The van der Waals surface area contributed by atoms with Gasteiger partial charge in [0.15, 0.2) is 8.32 Å². The Kier molecular flexibility index (Phi) is 7.62. The first-order valence-electron chi connectivity index (χ1n) is 13.0. The normalized spacial score (nSPS) is 21.8. The molecule has 3 aromatic rings. The zero-order valence-electron chi connectivity index (χ0n) is 22.6. The van der Waals surface area contributed by atoms with E-state index in [4.69, 9.17) is 13.6 Å². The number of hydrogen-bond acceptors (Lipinski definition) is 6. The van der Waals surface area contributed by atoms with Crippen molar-refractivity contribution in [3.05, 3.63) is 52.6 Å². The molecule has 196 valence electrons. The second-order valence-electron chi connectivity index (χ2n) is 11.6. The molecule has 1 fully saturated rings. The number of hydrogen-bond donors (Lipinski definition) is 1. The fourth-order valence-corrected chi connectivity index (χ4v) is 5.56. The minimum Gasteiger partial charge on any atom is -0.437 e. The van der Waals surface area contributed by atoms with Crippen molar-refractivity contribution in [1.82, 2.24) is 9.55 Å². The Balaban J connectivity index is 1.57. The summed E-state index contributed by atoms with van der Waals surface area (Å²) in [5.74, 6) is 1.09. The van der Waals surface area contributed by atoms with E-state index in [9.17, 15) is 9.90 Å². The molecule has 1 N–H and O–H groups in total. The third-order valence-electron chi connectivity index (χ3n) is 7.84. The van der Waals surface area contributed by atoms with Crippen LogP contribution in [0.4, 0.5) is 0 Å². The molecule has 8 heteroatoms. The van der Waals surface area contributed by atoms with Crippen LogP contribution in [0.3, 0.4) is 0 Å². The van der Waals surface area contributed by atoms with Gasteiger partial charge in [-0.1, -0.05) is 65.3 Å². The van der Waals surface area contributed by atoms with Crippen molar-refractivity contribution in [3.8, 4) is 11.3 Å². The molecule has 0 amide bonds. The van der Waals surface area contributed by atoms with Crippen molar-refractivity contribution in [2.75, 3.05) is 6.61 Å². The van der Waals surface area contributed by atoms with Gasteiger partial charge in [-0.3, -0.25) is 4.57 Å². The Morgan fingerprint density at radius 2 is 2.00 bits per heavy atom. The summed E-state index contributed by atoms with van der Waals surface area (Å²) >= 11 is 0. The molecule has 1 aromatic carbocycles. The van der Waals surface area contributed by atoms with E-state index in [0.29, 0.717) is 30.4 Å². The van der Waals surface area contributed by atoms with Gasteiger partial charge in [-0.25, -0.2) is 4.79 Å². The predicted molar refractivity (Wildman–Crippen MR) is 145 cm³/mol. The van der Waals surface area contributed by atoms with Crippen molar-refractivity contribution in [2.45, 2.75) is 96.4 Å². The number of furan rings is 1. The first kappa shape index (κ1) is 26.8.